The molecular weight excluding hydrogens is 584 g/mol. The lowest BCUT2D eigenvalue weighted by molar-refractivity contribution is -0.183. The highest BCUT2D eigenvalue weighted by atomic mass is 16.7. The van der Waals surface area contributed by atoms with Crippen LogP contribution in [0.1, 0.15) is 56.5 Å². The van der Waals surface area contributed by atoms with Gasteiger partial charge in [-0.15, -0.1) is 0 Å². The Balaban J connectivity index is 1.47. The molecule has 46 heavy (non-hydrogen) atoms. The number of para-hydroxylation sites is 1. The van der Waals surface area contributed by atoms with Gasteiger partial charge in [0.05, 0.1) is 26.4 Å². The Kier molecular flexibility index (Phi) is 9.76. The monoisotopic (exact) mass is 636 g/mol. The van der Waals surface area contributed by atoms with Gasteiger partial charge in [0.1, 0.15) is 17.9 Å². The number of carbonyl (C=O) groups excluding carboxylic acids is 2. The lowest BCUT2D eigenvalue weighted by Crippen LogP contribution is -2.62. The number of anilines is 1. The van der Waals surface area contributed by atoms with Crippen LogP contribution in [-0.2, 0) is 16.2 Å². The van der Waals surface area contributed by atoms with Crippen LogP contribution in [0.2, 0.25) is 0 Å². The quantitative estimate of drug-likeness (QED) is 0.361. The molecule has 0 radical (unpaired) electrons. The molecule has 252 valence electrons. The van der Waals surface area contributed by atoms with Gasteiger partial charge in [0.2, 0.25) is 5.91 Å². The standard InChI is InChI=1S/C36H52N4O6/c1-20-28-16-25(36(28,3)4)17-29(20)37-34(43)32-31(21(2)42)30(19-41)46-40(32)18-22-11-10-12-27(33(22)45-9)23-13-24(35(44)39(7)8)15-26(14-23)38(5)6/h10-15,20-21,25,28-32,41-42H,16-19H2,1-9H3,(H,37,43)/t20-,21-,25+,28-,29-,30-,31-,32-/m0/s1. The number of fused-ring (bicyclic) bond motifs is 2. The summed E-state index contributed by atoms with van der Waals surface area (Å²) in [7, 11) is 8.92. The topological polar surface area (TPSA) is 115 Å². The molecule has 6 rings (SSSR count). The van der Waals surface area contributed by atoms with Gasteiger partial charge < -0.3 is 30.1 Å². The number of rotatable bonds is 10. The minimum Gasteiger partial charge on any atom is -0.496 e. The molecule has 2 amide bonds. The highest BCUT2D eigenvalue weighted by Crippen LogP contribution is 2.61. The summed E-state index contributed by atoms with van der Waals surface area (Å²) >= 11 is 0. The molecule has 4 fully saturated rings. The zero-order valence-electron chi connectivity index (χ0n) is 28.8. The molecule has 3 N–H and O–H groups in total. The van der Waals surface area contributed by atoms with E-state index in [0.717, 1.165) is 28.8 Å². The molecule has 0 spiro atoms. The minimum atomic E-state index is -0.885. The number of amides is 2. The predicted octanol–water partition coefficient (Wildman–Crippen LogP) is 3.79. The maximum Gasteiger partial charge on any atom is 0.253 e. The van der Waals surface area contributed by atoms with E-state index >= 15 is 0 Å². The number of ether oxygens (including phenoxy) is 1. The molecule has 1 heterocycles. The maximum atomic E-state index is 14.1. The van der Waals surface area contributed by atoms with Gasteiger partial charge in [-0.25, -0.2) is 0 Å². The average Bonchev–Trinajstić information content (AvgIpc) is 3.39. The van der Waals surface area contributed by atoms with Crippen molar-refractivity contribution in [1.29, 1.82) is 0 Å². The van der Waals surface area contributed by atoms with E-state index in [1.165, 1.54) is 6.42 Å². The number of hydrogen-bond acceptors (Lipinski definition) is 8. The Morgan fingerprint density at radius 2 is 1.87 bits per heavy atom. The molecule has 2 aromatic rings. The Labute approximate surface area is 273 Å². The fourth-order valence-corrected chi connectivity index (χ4v) is 8.24. The van der Waals surface area contributed by atoms with Gasteiger partial charge in [0.25, 0.3) is 5.91 Å². The summed E-state index contributed by atoms with van der Waals surface area (Å²) in [5.74, 6) is 1.16. The van der Waals surface area contributed by atoms with Crippen LogP contribution >= 0.6 is 0 Å². The van der Waals surface area contributed by atoms with Crippen LogP contribution in [-0.4, -0.2) is 98.2 Å². The molecule has 0 unspecified atom stereocenters. The maximum absolute atomic E-state index is 14.1. The first kappa shape index (κ1) is 34.2. The van der Waals surface area contributed by atoms with Crippen molar-refractivity contribution in [3.8, 4) is 16.9 Å². The fraction of sp³-hybridized carbons (Fsp3) is 0.611. The van der Waals surface area contributed by atoms with Crippen LogP contribution in [0.25, 0.3) is 11.1 Å². The summed E-state index contributed by atoms with van der Waals surface area (Å²) in [6, 6.07) is 10.8. The number of nitrogens with zero attached hydrogens (tertiary/aromatic N) is 3. The zero-order valence-corrected chi connectivity index (χ0v) is 28.8. The van der Waals surface area contributed by atoms with E-state index in [4.69, 9.17) is 9.57 Å². The Bertz CT molecular complexity index is 1440. The summed E-state index contributed by atoms with van der Waals surface area (Å²) in [4.78, 5) is 36.8. The highest BCUT2D eigenvalue weighted by molar-refractivity contribution is 5.97. The van der Waals surface area contributed by atoms with E-state index in [9.17, 15) is 19.8 Å². The predicted molar refractivity (Wildman–Crippen MR) is 178 cm³/mol. The summed E-state index contributed by atoms with van der Waals surface area (Å²) in [5.41, 5.74) is 4.10. The van der Waals surface area contributed by atoms with Gasteiger partial charge in [0.15, 0.2) is 0 Å². The first-order chi connectivity index (χ1) is 21.7. The number of aliphatic hydroxyl groups is 2. The number of carbonyl (C=O) groups is 2. The first-order valence-electron chi connectivity index (χ1n) is 16.4. The highest BCUT2D eigenvalue weighted by Gasteiger charge is 2.57. The van der Waals surface area contributed by atoms with Crippen LogP contribution in [0, 0.1) is 29.1 Å². The second-order valence-electron chi connectivity index (χ2n) is 14.6. The number of methoxy groups -OCH3 is 1. The van der Waals surface area contributed by atoms with E-state index in [1.807, 2.05) is 55.4 Å². The van der Waals surface area contributed by atoms with Crippen LogP contribution in [0.4, 0.5) is 5.69 Å². The average molecular weight is 637 g/mol. The summed E-state index contributed by atoms with van der Waals surface area (Å²) in [5, 5.41) is 26.0. The van der Waals surface area contributed by atoms with Gasteiger partial charge in [0, 0.05) is 62.5 Å². The van der Waals surface area contributed by atoms with Crippen LogP contribution in [0.5, 0.6) is 5.75 Å². The van der Waals surface area contributed by atoms with Gasteiger partial charge in [-0.05, 0) is 66.7 Å². The van der Waals surface area contributed by atoms with E-state index in [1.54, 1.807) is 38.1 Å². The molecule has 3 saturated carbocycles. The molecule has 0 aromatic heterocycles. The number of nitrogens with one attached hydrogen (secondary N) is 1. The van der Waals surface area contributed by atoms with Crippen molar-refractivity contribution in [3.05, 3.63) is 47.5 Å². The van der Waals surface area contributed by atoms with E-state index < -0.39 is 24.2 Å². The van der Waals surface area contributed by atoms with Crippen LogP contribution in [0.15, 0.2) is 36.4 Å². The number of hydrogen-bond donors (Lipinski definition) is 3. The molecule has 3 aliphatic carbocycles. The van der Waals surface area contributed by atoms with Crippen LogP contribution < -0.4 is 15.0 Å². The number of hydroxylamine groups is 2. The molecule has 1 saturated heterocycles. The molecule has 10 nitrogen and oxygen atoms in total. The minimum absolute atomic E-state index is 0.0508. The second-order valence-corrected chi connectivity index (χ2v) is 14.6. The molecule has 8 atom stereocenters. The largest absolute Gasteiger partial charge is 0.496 e. The molecular formula is C36H52N4O6. The summed E-state index contributed by atoms with van der Waals surface area (Å²) in [6.07, 6.45) is 0.522. The Hall–Kier alpha value is -3.18. The molecule has 2 aromatic carbocycles. The molecule has 2 bridgehead atoms. The van der Waals surface area contributed by atoms with Crippen molar-refractivity contribution >= 4 is 17.5 Å². The van der Waals surface area contributed by atoms with E-state index in [-0.39, 0.29) is 31.0 Å². The zero-order chi connectivity index (χ0) is 33.7. The van der Waals surface area contributed by atoms with Crippen molar-refractivity contribution in [3.63, 3.8) is 0 Å². The van der Waals surface area contributed by atoms with Crippen molar-refractivity contribution in [2.45, 2.75) is 71.4 Å². The van der Waals surface area contributed by atoms with Crippen molar-refractivity contribution in [1.82, 2.24) is 15.3 Å². The van der Waals surface area contributed by atoms with Crippen LogP contribution in [0.3, 0.4) is 0 Å². The van der Waals surface area contributed by atoms with E-state index in [0.29, 0.717) is 34.5 Å². The lowest BCUT2D eigenvalue weighted by atomic mass is 9.45. The summed E-state index contributed by atoms with van der Waals surface area (Å²) in [6.45, 7) is 8.41. The van der Waals surface area contributed by atoms with Crippen molar-refractivity contribution in [2.75, 3.05) is 46.8 Å². The van der Waals surface area contributed by atoms with Gasteiger partial charge in [-0.2, -0.15) is 5.06 Å². The Morgan fingerprint density at radius 3 is 2.43 bits per heavy atom. The molecule has 10 heteroatoms. The Morgan fingerprint density at radius 1 is 1.15 bits per heavy atom. The third-order valence-corrected chi connectivity index (χ3v) is 11.1. The van der Waals surface area contributed by atoms with Gasteiger partial charge in [-0.3, -0.25) is 14.4 Å². The smallest absolute Gasteiger partial charge is 0.253 e. The van der Waals surface area contributed by atoms with E-state index in [2.05, 4.69) is 26.1 Å². The molecule has 4 aliphatic rings. The number of aliphatic hydroxyl groups excluding tert-OH is 2. The third-order valence-electron chi connectivity index (χ3n) is 11.1. The third kappa shape index (κ3) is 6.12. The van der Waals surface area contributed by atoms with Gasteiger partial charge in [-0.1, -0.05) is 39.0 Å². The molecule has 1 aliphatic heterocycles. The summed E-state index contributed by atoms with van der Waals surface area (Å²) < 4.78 is 5.99. The first-order valence-corrected chi connectivity index (χ1v) is 16.4. The van der Waals surface area contributed by atoms with Crippen molar-refractivity contribution < 1.29 is 29.4 Å². The number of benzene rings is 2. The normalized spacial score (nSPS) is 29.1. The fourth-order valence-electron chi connectivity index (χ4n) is 8.24. The lowest BCUT2D eigenvalue weighted by Gasteiger charge is -2.62. The second kappa shape index (κ2) is 13.1. The SMILES string of the molecule is COc1c(CN2O[C@@H](CO)[C@H]([C@H](C)O)[C@H]2C(=O)N[C@H]2C[C@H]3C[C@@H]([C@@H]2C)C3(C)C)cccc1-c1cc(C(=O)N(C)C)cc(N(C)C)c1. The van der Waals surface area contributed by atoms with Crippen molar-refractivity contribution in [2.24, 2.45) is 29.1 Å². The van der Waals surface area contributed by atoms with Gasteiger partial charge >= 0.3 is 0 Å².